The van der Waals surface area contributed by atoms with E-state index in [1.807, 2.05) is 19.1 Å². The Labute approximate surface area is 190 Å². The summed E-state index contributed by atoms with van der Waals surface area (Å²) in [6.07, 6.45) is -2.70. The van der Waals surface area contributed by atoms with E-state index in [2.05, 4.69) is 21.8 Å². The molecule has 5 nitrogen and oxygen atoms in total. The molecule has 0 fully saturated rings. The lowest BCUT2D eigenvalue weighted by molar-refractivity contribution is -0.137. The number of benzene rings is 2. The highest BCUT2D eigenvalue weighted by Gasteiger charge is 2.30. The molecule has 0 aliphatic carbocycles. The topological polar surface area (TPSA) is 57.6 Å². The smallest absolute Gasteiger partial charge is 0.416 e. The zero-order chi connectivity index (χ0) is 23.6. The molecule has 0 radical (unpaired) electrons. The van der Waals surface area contributed by atoms with Crippen molar-refractivity contribution in [3.8, 4) is 5.75 Å². The molecule has 1 atom stereocenters. The van der Waals surface area contributed by atoms with Crippen molar-refractivity contribution in [2.45, 2.75) is 25.7 Å². The van der Waals surface area contributed by atoms with Gasteiger partial charge in [0.1, 0.15) is 23.8 Å². The first-order chi connectivity index (χ1) is 15.7. The van der Waals surface area contributed by atoms with Crippen LogP contribution in [0.15, 0.2) is 67.4 Å². The van der Waals surface area contributed by atoms with Gasteiger partial charge in [0.15, 0.2) is 5.82 Å². The van der Waals surface area contributed by atoms with Gasteiger partial charge < -0.3 is 20.1 Å². The molecule has 33 heavy (non-hydrogen) atoms. The van der Waals surface area contributed by atoms with Crippen LogP contribution in [0, 0.1) is 0 Å². The van der Waals surface area contributed by atoms with Crippen LogP contribution in [0.5, 0.6) is 5.75 Å². The van der Waals surface area contributed by atoms with E-state index < -0.39 is 11.7 Å². The minimum Gasteiger partial charge on any atom is -0.508 e. The van der Waals surface area contributed by atoms with Crippen molar-refractivity contribution in [3.63, 3.8) is 0 Å². The Bertz CT molecular complexity index is 1130. The second-order valence-electron chi connectivity index (χ2n) is 7.91. The summed E-state index contributed by atoms with van der Waals surface area (Å²) in [5.74, 6) is 1.31. The number of aliphatic hydroxyl groups is 1. The normalized spacial score (nSPS) is 14.2. The summed E-state index contributed by atoms with van der Waals surface area (Å²) in [5.41, 5.74) is 2.51. The lowest BCUT2D eigenvalue weighted by Crippen LogP contribution is -2.33. The van der Waals surface area contributed by atoms with Crippen molar-refractivity contribution in [2.24, 2.45) is 0 Å². The third-order valence-electron chi connectivity index (χ3n) is 5.57. The van der Waals surface area contributed by atoms with Gasteiger partial charge in [0, 0.05) is 24.4 Å². The zero-order valence-corrected chi connectivity index (χ0v) is 18.1. The molecule has 1 aliphatic rings. The van der Waals surface area contributed by atoms with Crippen LogP contribution >= 0.6 is 0 Å². The van der Waals surface area contributed by atoms with Gasteiger partial charge in [-0.15, -0.1) is 0 Å². The van der Waals surface area contributed by atoms with Crippen LogP contribution in [0.1, 0.15) is 35.2 Å². The Hall–Kier alpha value is -3.68. The number of aromatic nitrogens is 1. The number of hydrogen-bond acceptors (Lipinski definition) is 5. The van der Waals surface area contributed by atoms with Crippen LogP contribution in [0.3, 0.4) is 0 Å². The zero-order valence-electron chi connectivity index (χ0n) is 18.1. The van der Waals surface area contributed by atoms with E-state index in [9.17, 15) is 18.3 Å². The number of anilines is 2. The minimum absolute atomic E-state index is 0.0111. The fraction of sp³-hybridized carbons (Fsp3) is 0.240. The van der Waals surface area contributed by atoms with Gasteiger partial charge in [0.05, 0.1) is 18.2 Å². The van der Waals surface area contributed by atoms with Crippen molar-refractivity contribution in [3.05, 3.63) is 89.6 Å². The van der Waals surface area contributed by atoms with E-state index in [0.717, 1.165) is 28.9 Å². The Morgan fingerprint density at radius 2 is 1.85 bits per heavy atom. The Morgan fingerprint density at radius 3 is 2.48 bits per heavy atom. The van der Waals surface area contributed by atoms with Gasteiger partial charge in [-0.3, -0.25) is 0 Å². The SMILES string of the molecule is C=C(O)c1ccc(C(C)Nc2nccc3c2N(Cc2ccc(C(F)(F)F)cc2)CCO3)cc1. The molecule has 172 valence electrons. The quantitative estimate of drug-likeness (QED) is 0.434. The van der Waals surface area contributed by atoms with Crippen LogP contribution in [0.4, 0.5) is 24.7 Å². The van der Waals surface area contributed by atoms with E-state index in [0.29, 0.717) is 36.8 Å². The molecule has 0 saturated carbocycles. The van der Waals surface area contributed by atoms with Gasteiger partial charge >= 0.3 is 6.18 Å². The van der Waals surface area contributed by atoms with Gasteiger partial charge in [-0.05, 0) is 30.2 Å². The maximum atomic E-state index is 12.9. The highest BCUT2D eigenvalue weighted by atomic mass is 19.4. The predicted molar refractivity (Wildman–Crippen MR) is 122 cm³/mol. The fourth-order valence-corrected chi connectivity index (χ4v) is 3.77. The molecule has 1 aromatic heterocycles. The number of nitrogens with zero attached hydrogens (tertiary/aromatic N) is 2. The average Bonchev–Trinajstić information content (AvgIpc) is 2.79. The highest BCUT2D eigenvalue weighted by molar-refractivity contribution is 5.74. The van der Waals surface area contributed by atoms with Gasteiger partial charge in [0.25, 0.3) is 0 Å². The van der Waals surface area contributed by atoms with E-state index in [-0.39, 0.29) is 11.8 Å². The summed E-state index contributed by atoms with van der Waals surface area (Å²) in [7, 11) is 0. The number of nitrogens with one attached hydrogen (secondary N) is 1. The molecule has 3 aromatic rings. The lowest BCUT2D eigenvalue weighted by atomic mass is 10.1. The number of alkyl halides is 3. The third kappa shape index (κ3) is 5.05. The number of aliphatic hydroxyl groups excluding tert-OH is 1. The summed E-state index contributed by atoms with van der Waals surface area (Å²) in [6.45, 7) is 7.00. The molecule has 0 saturated heterocycles. The molecule has 4 rings (SSSR count). The van der Waals surface area contributed by atoms with E-state index >= 15 is 0 Å². The number of fused-ring (bicyclic) bond motifs is 1. The van der Waals surface area contributed by atoms with Crippen LogP contribution in [-0.2, 0) is 12.7 Å². The summed E-state index contributed by atoms with van der Waals surface area (Å²) in [6, 6.07) is 14.3. The van der Waals surface area contributed by atoms with Gasteiger partial charge in [-0.2, -0.15) is 13.2 Å². The van der Waals surface area contributed by atoms with E-state index in [1.54, 1.807) is 24.4 Å². The molecular formula is C25H24F3N3O2. The van der Waals surface area contributed by atoms with Crippen molar-refractivity contribution in [2.75, 3.05) is 23.4 Å². The molecule has 2 N–H and O–H groups in total. The first kappa shape index (κ1) is 22.5. The summed E-state index contributed by atoms with van der Waals surface area (Å²) in [5, 5.41) is 12.9. The summed E-state index contributed by atoms with van der Waals surface area (Å²) >= 11 is 0. The molecule has 2 heterocycles. The molecule has 1 aliphatic heterocycles. The molecule has 0 amide bonds. The van der Waals surface area contributed by atoms with Crippen LogP contribution in [0.25, 0.3) is 5.76 Å². The van der Waals surface area contributed by atoms with Gasteiger partial charge in [-0.1, -0.05) is 43.0 Å². The Morgan fingerprint density at radius 1 is 1.15 bits per heavy atom. The van der Waals surface area contributed by atoms with E-state index in [1.165, 1.54) is 12.1 Å². The maximum absolute atomic E-state index is 12.9. The second-order valence-corrected chi connectivity index (χ2v) is 7.91. The molecule has 1 unspecified atom stereocenters. The molecule has 0 bridgehead atoms. The number of rotatable bonds is 6. The number of halogens is 3. The Kier molecular flexibility index (Phi) is 6.18. The van der Waals surface area contributed by atoms with Crippen LogP contribution in [-0.4, -0.2) is 23.2 Å². The van der Waals surface area contributed by atoms with Crippen molar-refractivity contribution in [1.29, 1.82) is 0 Å². The number of hydrogen-bond donors (Lipinski definition) is 2. The Balaban J connectivity index is 1.56. The third-order valence-corrected chi connectivity index (χ3v) is 5.57. The number of ether oxygens (including phenoxy) is 1. The van der Waals surface area contributed by atoms with Crippen LogP contribution < -0.4 is 15.0 Å². The highest BCUT2D eigenvalue weighted by Crippen LogP contribution is 2.39. The monoisotopic (exact) mass is 455 g/mol. The molecular weight excluding hydrogens is 431 g/mol. The summed E-state index contributed by atoms with van der Waals surface area (Å²) in [4.78, 5) is 6.56. The van der Waals surface area contributed by atoms with Gasteiger partial charge in [-0.25, -0.2) is 4.98 Å². The predicted octanol–water partition coefficient (Wildman–Crippen LogP) is 6.20. The molecule has 0 spiro atoms. The summed E-state index contributed by atoms with van der Waals surface area (Å²) < 4.78 is 44.5. The van der Waals surface area contributed by atoms with E-state index in [4.69, 9.17) is 4.74 Å². The maximum Gasteiger partial charge on any atom is 0.416 e. The fourth-order valence-electron chi connectivity index (χ4n) is 3.77. The molecule has 2 aromatic carbocycles. The lowest BCUT2D eigenvalue weighted by Gasteiger charge is -2.33. The molecule has 8 heteroatoms. The first-order valence-corrected chi connectivity index (χ1v) is 10.5. The second kappa shape index (κ2) is 9.05. The van der Waals surface area contributed by atoms with Crippen molar-refractivity contribution in [1.82, 2.24) is 4.98 Å². The van der Waals surface area contributed by atoms with Crippen molar-refractivity contribution >= 4 is 17.3 Å². The standard InChI is InChI=1S/C25H24F3N3O2/c1-16(19-5-7-20(8-6-19)17(2)32)30-24-23-22(11-12-29-24)33-14-13-31(23)15-18-3-9-21(10-4-18)25(26,27)28/h3-12,16,32H,2,13-15H2,1H3,(H,29,30). The van der Waals surface area contributed by atoms with Crippen LogP contribution in [0.2, 0.25) is 0 Å². The number of pyridine rings is 1. The average molecular weight is 455 g/mol. The van der Waals surface area contributed by atoms with Crippen molar-refractivity contribution < 1.29 is 23.0 Å². The minimum atomic E-state index is -4.36. The first-order valence-electron chi connectivity index (χ1n) is 10.5. The largest absolute Gasteiger partial charge is 0.508 e. The van der Waals surface area contributed by atoms with Gasteiger partial charge in [0.2, 0.25) is 0 Å².